The number of hydrogen-bond donors (Lipinski definition) is 1. The van der Waals surface area contributed by atoms with Crippen LogP contribution in [-0.4, -0.2) is 45.2 Å². The third-order valence-corrected chi connectivity index (χ3v) is 4.44. The minimum Gasteiger partial charge on any atom is -0.379 e. The van der Waals surface area contributed by atoms with Crippen LogP contribution in [0, 0.1) is 11.7 Å². The normalized spacial score (nSPS) is 21.2. The topological polar surface area (TPSA) is 56.8 Å². The lowest BCUT2D eigenvalue weighted by Gasteiger charge is -2.41. The molecule has 1 saturated heterocycles. The number of carbonyl (C=O) groups is 1. The Labute approximate surface area is 142 Å². The molecule has 5 nitrogen and oxygen atoms in total. The number of hydrogen-bond acceptors (Lipinski definition) is 4. The van der Waals surface area contributed by atoms with E-state index in [4.69, 9.17) is 14.2 Å². The maximum atomic E-state index is 13.2. The number of halogens is 1. The summed E-state index contributed by atoms with van der Waals surface area (Å²) in [5.74, 6) is -1.10. The zero-order valence-electron chi connectivity index (χ0n) is 14.5. The van der Waals surface area contributed by atoms with Gasteiger partial charge < -0.3 is 19.5 Å². The van der Waals surface area contributed by atoms with E-state index in [-0.39, 0.29) is 23.7 Å². The van der Waals surface area contributed by atoms with Crippen LogP contribution in [0.15, 0.2) is 24.3 Å². The molecule has 1 aliphatic rings. The van der Waals surface area contributed by atoms with E-state index < -0.39 is 5.79 Å². The number of methoxy groups -OCH3 is 2. The van der Waals surface area contributed by atoms with Crippen molar-refractivity contribution in [3.63, 3.8) is 0 Å². The molecule has 1 aliphatic heterocycles. The van der Waals surface area contributed by atoms with Gasteiger partial charge in [0.15, 0.2) is 5.79 Å². The van der Waals surface area contributed by atoms with Crippen molar-refractivity contribution in [3.05, 3.63) is 35.6 Å². The van der Waals surface area contributed by atoms with Crippen LogP contribution in [0.4, 0.5) is 4.39 Å². The summed E-state index contributed by atoms with van der Waals surface area (Å²) in [7, 11) is 3.14. The second-order valence-corrected chi connectivity index (χ2v) is 6.31. The maximum absolute atomic E-state index is 13.2. The van der Waals surface area contributed by atoms with Gasteiger partial charge in [-0.05, 0) is 30.0 Å². The Balaban J connectivity index is 1.89. The molecule has 0 bridgehead atoms. The van der Waals surface area contributed by atoms with Gasteiger partial charge in [0.05, 0.1) is 13.2 Å². The number of benzene rings is 1. The molecule has 134 valence electrons. The molecule has 1 fully saturated rings. The predicted octanol–water partition coefficient (Wildman–Crippen LogP) is 2.29. The molecule has 1 aromatic carbocycles. The number of nitrogens with one attached hydrogen (secondary N) is 1. The highest BCUT2D eigenvalue weighted by molar-refractivity contribution is 5.76. The number of carbonyl (C=O) groups excluding carboxylic acids is 1. The highest BCUT2D eigenvalue weighted by Crippen LogP contribution is 2.26. The quantitative estimate of drug-likeness (QED) is 0.775. The standard InChI is InChI=1S/C18H26FNO4/c1-13(9-14-5-4-6-15(19)11-14)10-17(21)20-16-12-24-8-7-18(16,22-2)23-3/h4-6,11,13,16H,7-10,12H2,1-3H3,(H,20,21). The zero-order chi connectivity index (χ0) is 17.6. The second-order valence-electron chi connectivity index (χ2n) is 6.31. The molecule has 0 saturated carbocycles. The summed E-state index contributed by atoms with van der Waals surface area (Å²) in [4.78, 5) is 12.3. The molecular formula is C18H26FNO4. The summed E-state index contributed by atoms with van der Waals surface area (Å²) < 4.78 is 29.7. The summed E-state index contributed by atoms with van der Waals surface area (Å²) in [5, 5.41) is 2.95. The molecule has 6 heteroatoms. The van der Waals surface area contributed by atoms with Crippen LogP contribution in [0.1, 0.15) is 25.3 Å². The van der Waals surface area contributed by atoms with Gasteiger partial charge in [0.1, 0.15) is 11.9 Å². The van der Waals surface area contributed by atoms with Crippen LogP contribution in [-0.2, 0) is 25.4 Å². The molecule has 24 heavy (non-hydrogen) atoms. The van der Waals surface area contributed by atoms with Gasteiger partial charge in [-0.25, -0.2) is 4.39 Å². The Kier molecular flexibility index (Phi) is 6.71. The molecule has 0 radical (unpaired) electrons. The van der Waals surface area contributed by atoms with Gasteiger partial charge in [0.25, 0.3) is 0 Å². The lowest BCUT2D eigenvalue weighted by Crippen LogP contribution is -2.60. The fraction of sp³-hybridized carbons (Fsp3) is 0.611. The fourth-order valence-corrected chi connectivity index (χ4v) is 3.15. The van der Waals surface area contributed by atoms with E-state index in [9.17, 15) is 9.18 Å². The summed E-state index contributed by atoms with van der Waals surface area (Å²) in [6, 6.07) is 6.12. The molecule has 1 amide bonds. The predicted molar refractivity (Wildman–Crippen MR) is 88.0 cm³/mol. The van der Waals surface area contributed by atoms with E-state index in [0.29, 0.717) is 32.5 Å². The summed E-state index contributed by atoms with van der Waals surface area (Å²) in [6.45, 7) is 2.86. The largest absolute Gasteiger partial charge is 0.379 e. The van der Waals surface area contributed by atoms with E-state index in [2.05, 4.69) is 5.32 Å². The molecule has 0 aliphatic carbocycles. The van der Waals surface area contributed by atoms with Crippen molar-refractivity contribution < 1.29 is 23.4 Å². The van der Waals surface area contributed by atoms with Crippen LogP contribution >= 0.6 is 0 Å². The van der Waals surface area contributed by atoms with Crippen molar-refractivity contribution in [2.75, 3.05) is 27.4 Å². The van der Waals surface area contributed by atoms with Crippen LogP contribution in [0.3, 0.4) is 0 Å². The van der Waals surface area contributed by atoms with E-state index in [1.54, 1.807) is 20.3 Å². The first kappa shape index (κ1) is 18.8. The highest BCUT2D eigenvalue weighted by atomic mass is 19.1. The Morgan fingerprint density at radius 2 is 2.21 bits per heavy atom. The maximum Gasteiger partial charge on any atom is 0.220 e. The first-order valence-electron chi connectivity index (χ1n) is 8.21. The summed E-state index contributed by atoms with van der Waals surface area (Å²) >= 11 is 0. The monoisotopic (exact) mass is 339 g/mol. The van der Waals surface area contributed by atoms with Crippen LogP contribution in [0.2, 0.25) is 0 Å². The van der Waals surface area contributed by atoms with Crippen LogP contribution in [0.25, 0.3) is 0 Å². The smallest absolute Gasteiger partial charge is 0.220 e. The molecule has 0 spiro atoms. The van der Waals surface area contributed by atoms with Crippen molar-refractivity contribution in [2.24, 2.45) is 5.92 Å². The Hall–Kier alpha value is -1.50. The van der Waals surface area contributed by atoms with Gasteiger partial charge in [-0.3, -0.25) is 4.79 Å². The molecule has 0 aromatic heterocycles. The van der Waals surface area contributed by atoms with Crippen LogP contribution < -0.4 is 5.32 Å². The lowest BCUT2D eigenvalue weighted by atomic mass is 9.96. The van der Waals surface area contributed by atoms with Crippen LogP contribution in [0.5, 0.6) is 0 Å². The third kappa shape index (κ3) is 4.75. The second kappa shape index (κ2) is 8.55. The van der Waals surface area contributed by atoms with Crippen molar-refractivity contribution in [1.29, 1.82) is 0 Å². The molecule has 1 heterocycles. The molecule has 2 rings (SSSR count). The van der Waals surface area contributed by atoms with E-state index in [0.717, 1.165) is 5.56 Å². The van der Waals surface area contributed by atoms with Gasteiger partial charge in [-0.2, -0.15) is 0 Å². The first-order chi connectivity index (χ1) is 11.5. The molecular weight excluding hydrogens is 313 g/mol. The van der Waals surface area contributed by atoms with Crippen molar-refractivity contribution in [3.8, 4) is 0 Å². The number of rotatable bonds is 7. The number of ether oxygens (including phenoxy) is 3. The fourth-order valence-electron chi connectivity index (χ4n) is 3.15. The first-order valence-corrected chi connectivity index (χ1v) is 8.21. The zero-order valence-corrected chi connectivity index (χ0v) is 14.5. The Morgan fingerprint density at radius 3 is 2.88 bits per heavy atom. The number of amides is 1. The lowest BCUT2D eigenvalue weighted by molar-refractivity contribution is -0.258. The van der Waals surface area contributed by atoms with E-state index in [1.807, 2.05) is 13.0 Å². The average Bonchev–Trinajstić information content (AvgIpc) is 2.55. The van der Waals surface area contributed by atoms with Crippen molar-refractivity contribution >= 4 is 5.91 Å². The summed E-state index contributed by atoms with van der Waals surface area (Å²) in [5.41, 5.74) is 0.888. The van der Waals surface area contributed by atoms with Gasteiger partial charge in [-0.1, -0.05) is 19.1 Å². The Bertz CT molecular complexity index is 548. The molecule has 2 unspecified atom stereocenters. The molecule has 1 aromatic rings. The summed E-state index contributed by atoms with van der Waals surface area (Å²) in [6.07, 6.45) is 1.55. The minimum absolute atomic E-state index is 0.0899. The van der Waals surface area contributed by atoms with Crippen molar-refractivity contribution in [1.82, 2.24) is 5.32 Å². The molecule has 2 atom stereocenters. The van der Waals surface area contributed by atoms with Crippen molar-refractivity contribution in [2.45, 2.75) is 38.0 Å². The van der Waals surface area contributed by atoms with E-state index >= 15 is 0 Å². The van der Waals surface area contributed by atoms with Gasteiger partial charge in [-0.15, -0.1) is 0 Å². The molecule has 1 N–H and O–H groups in total. The highest BCUT2D eigenvalue weighted by Gasteiger charge is 2.43. The average molecular weight is 339 g/mol. The van der Waals surface area contributed by atoms with Gasteiger partial charge in [0.2, 0.25) is 5.91 Å². The van der Waals surface area contributed by atoms with Gasteiger partial charge >= 0.3 is 0 Å². The third-order valence-electron chi connectivity index (χ3n) is 4.44. The minimum atomic E-state index is -0.848. The SMILES string of the molecule is COC1(OC)CCOCC1NC(=O)CC(C)Cc1cccc(F)c1. The van der Waals surface area contributed by atoms with E-state index in [1.165, 1.54) is 12.1 Å². The van der Waals surface area contributed by atoms with Gasteiger partial charge in [0, 0.05) is 27.1 Å². The Morgan fingerprint density at radius 1 is 1.46 bits per heavy atom.